The molecule has 6 heteroatoms. The largest absolute Gasteiger partial charge is 0.527 e. The Balaban J connectivity index is 2.27. The van der Waals surface area contributed by atoms with Crippen molar-refractivity contribution < 1.29 is 18.5 Å². The van der Waals surface area contributed by atoms with Crippen LogP contribution in [0.3, 0.4) is 0 Å². The molecule has 0 radical (unpaired) electrons. The minimum atomic E-state index is -4.05. The molecule has 0 aliphatic rings. The van der Waals surface area contributed by atoms with E-state index in [2.05, 4.69) is 6.92 Å². The molecule has 0 aliphatic carbocycles. The van der Waals surface area contributed by atoms with Crippen LogP contribution in [0.5, 0.6) is 5.75 Å². The van der Waals surface area contributed by atoms with Crippen LogP contribution in [0.25, 0.3) is 0 Å². The fraction of sp³-hybridized carbons (Fsp3) is 0.684. The van der Waals surface area contributed by atoms with Crippen molar-refractivity contribution in [2.24, 2.45) is 0 Å². The van der Waals surface area contributed by atoms with E-state index in [1.54, 1.807) is 12.1 Å². The van der Waals surface area contributed by atoms with Gasteiger partial charge in [0.05, 0.1) is 6.61 Å². The zero-order valence-corrected chi connectivity index (χ0v) is 16.8. The zero-order chi connectivity index (χ0) is 18.5. The minimum absolute atomic E-state index is 0.150. The lowest BCUT2D eigenvalue weighted by Gasteiger charge is -2.15. The smallest absolute Gasteiger partial charge is 0.404 e. The summed E-state index contributed by atoms with van der Waals surface area (Å²) in [5.74, 6) is 0.360. The van der Waals surface area contributed by atoms with Crippen molar-refractivity contribution in [1.29, 1.82) is 0 Å². The van der Waals surface area contributed by atoms with Crippen molar-refractivity contribution in [3.05, 3.63) is 29.8 Å². The van der Waals surface area contributed by atoms with Crippen molar-refractivity contribution >= 4 is 7.82 Å². The second kappa shape index (κ2) is 12.5. The van der Waals surface area contributed by atoms with Crippen molar-refractivity contribution in [2.45, 2.75) is 58.3 Å². The molecule has 1 aromatic rings. The summed E-state index contributed by atoms with van der Waals surface area (Å²) < 4.78 is 21.9. The number of hydrogen-bond acceptors (Lipinski definition) is 4. The summed E-state index contributed by atoms with van der Waals surface area (Å²) in [7, 11) is -0.309. The SMILES string of the molecule is CCCCCCCCCc1ccc(OP(=O)(O)OCCN(C)C)cc1. The molecule has 1 unspecified atom stereocenters. The van der Waals surface area contributed by atoms with Gasteiger partial charge in [0, 0.05) is 6.54 Å². The first kappa shape index (κ1) is 22.2. The zero-order valence-electron chi connectivity index (χ0n) is 15.9. The molecular formula is C19H34NO4P. The van der Waals surface area contributed by atoms with Crippen LogP contribution in [0, 0.1) is 0 Å². The highest BCUT2D eigenvalue weighted by atomic mass is 31.2. The predicted octanol–water partition coefficient (Wildman–Crippen LogP) is 5.04. The molecule has 0 amide bonds. The first-order valence-electron chi connectivity index (χ1n) is 9.33. The minimum Gasteiger partial charge on any atom is -0.404 e. The van der Waals surface area contributed by atoms with E-state index in [4.69, 9.17) is 9.05 Å². The average Bonchev–Trinajstić information content (AvgIpc) is 2.54. The first-order valence-corrected chi connectivity index (χ1v) is 10.8. The van der Waals surface area contributed by atoms with E-state index < -0.39 is 7.82 Å². The van der Waals surface area contributed by atoms with Crippen LogP contribution in [0.2, 0.25) is 0 Å². The van der Waals surface area contributed by atoms with Gasteiger partial charge >= 0.3 is 7.82 Å². The van der Waals surface area contributed by atoms with Crippen LogP contribution in [-0.2, 0) is 15.5 Å². The maximum Gasteiger partial charge on any atom is 0.527 e. The third kappa shape index (κ3) is 11.4. The van der Waals surface area contributed by atoms with Gasteiger partial charge in [-0.3, -0.25) is 9.42 Å². The monoisotopic (exact) mass is 371 g/mol. The fourth-order valence-corrected chi connectivity index (χ4v) is 3.25. The molecule has 0 aromatic heterocycles. The number of aryl methyl sites for hydroxylation is 1. The van der Waals surface area contributed by atoms with Gasteiger partial charge < -0.3 is 9.42 Å². The Bertz CT molecular complexity index is 505. The molecular weight excluding hydrogens is 337 g/mol. The highest BCUT2D eigenvalue weighted by Crippen LogP contribution is 2.43. The second-order valence-corrected chi connectivity index (χ2v) is 8.09. The van der Waals surface area contributed by atoms with Crippen LogP contribution < -0.4 is 4.52 Å². The summed E-state index contributed by atoms with van der Waals surface area (Å²) in [5, 5.41) is 0. The Labute approximate surface area is 153 Å². The summed E-state index contributed by atoms with van der Waals surface area (Å²) in [6.07, 6.45) is 10.1. The standard InChI is InChI=1S/C19H34NO4P/c1-4-5-6-7-8-9-10-11-18-12-14-19(15-13-18)24-25(21,22)23-17-16-20(2)3/h12-15H,4-11,16-17H2,1-3H3,(H,21,22). The number of phosphoric ester groups is 1. The van der Waals surface area contributed by atoms with Gasteiger partial charge in [0.15, 0.2) is 0 Å². The second-order valence-electron chi connectivity index (χ2n) is 6.71. The van der Waals surface area contributed by atoms with Gasteiger partial charge in [0.1, 0.15) is 5.75 Å². The lowest BCUT2D eigenvalue weighted by Crippen LogP contribution is -2.17. The summed E-state index contributed by atoms with van der Waals surface area (Å²) in [4.78, 5) is 11.6. The number of benzene rings is 1. The molecule has 0 heterocycles. The van der Waals surface area contributed by atoms with E-state index in [0.717, 1.165) is 6.42 Å². The number of likely N-dealkylation sites (N-methyl/N-ethyl adjacent to an activating group) is 1. The quantitative estimate of drug-likeness (QED) is 0.367. The van der Waals surface area contributed by atoms with Gasteiger partial charge in [-0.05, 0) is 44.6 Å². The van der Waals surface area contributed by atoms with Crippen LogP contribution in [0.4, 0.5) is 0 Å². The highest BCUT2D eigenvalue weighted by molar-refractivity contribution is 7.47. The predicted molar refractivity (Wildman–Crippen MR) is 103 cm³/mol. The number of nitrogens with zero attached hydrogens (tertiary/aromatic N) is 1. The van der Waals surface area contributed by atoms with Crippen LogP contribution >= 0.6 is 7.82 Å². The van der Waals surface area contributed by atoms with Crippen LogP contribution in [-0.4, -0.2) is 37.0 Å². The molecule has 0 spiro atoms. The maximum atomic E-state index is 11.9. The van der Waals surface area contributed by atoms with Crippen molar-refractivity contribution in [3.8, 4) is 5.75 Å². The van der Waals surface area contributed by atoms with Gasteiger partial charge in [-0.15, -0.1) is 0 Å². The molecule has 0 saturated heterocycles. The number of unbranched alkanes of at least 4 members (excludes halogenated alkanes) is 6. The topological polar surface area (TPSA) is 59.0 Å². The van der Waals surface area contributed by atoms with E-state index in [-0.39, 0.29) is 6.61 Å². The Morgan fingerprint density at radius 2 is 1.60 bits per heavy atom. The van der Waals surface area contributed by atoms with Gasteiger partial charge in [0.2, 0.25) is 0 Å². The lowest BCUT2D eigenvalue weighted by molar-refractivity contribution is 0.185. The fourth-order valence-electron chi connectivity index (χ4n) is 2.50. The van der Waals surface area contributed by atoms with Gasteiger partial charge in [-0.2, -0.15) is 0 Å². The number of hydrogen-bond donors (Lipinski definition) is 1. The first-order chi connectivity index (χ1) is 11.9. The maximum absolute atomic E-state index is 11.9. The molecule has 0 fully saturated rings. The third-order valence-electron chi connectivity index (χ3n) is 4.01. The van der Waals surface area contributed by atoms with E-state index in [1.165, 1.54) is 50.5 Å². The third-order valence-corrected chi connectivity index (χ3v) is 4.96. The Kier molecular flexibility index (Phi) is 11.1. The molecule has 5 nitrogen and oxygen atoms in total. The molecule has 0 bridgehead atoms. The molecule has 1 atom stereocenters. The van der Waals surface area contributed by atoms with E-state index >= 15 is 0 Å². The van der Waals surface area contributed by atoms with Crippen molar-refractivity contribution in [3.63, 3.8) is 0 Å². The molecule has 144 valence electrons. The Morgan fingerprint density at radius 3 is 2.20 bits per heavy atom. The summed E-state index contributed by atoms with van der Waals surface area (Å²) >= 11 is 0. The average molecular weight is 371 g/mol. The molecule has 1 aromatic carbocycles. The lowest BCUT2D eigenvalue weighted by atomic mass is 10.0. The summed E-state index contributed by atoms with van der Waals surface area (Å²) in [6, 6.07) is 7.36. The van der Waals surface area contributed by atoms with Crippen LogP contribution in [0.15, 0.2) is 24.3 Å². The summed E-state index contributed by atoms with van der Waals surface area (Å²) in [6.45, 7) is 2.95. The van der Waals surface area contributed by atoms with Crippen molar-refractivity contribution in [2.75, 3.05) is 27.2 Å². The Morgan fingerprint density at radius 1 is 1.00 bits per heavy atom. The van der Waals surface area contributed by atoms with Gasteiger partial charge in [-0.1, -0.05) is 57.6 Å². The van der Waals surface area contributed by atoms with Gasteiger partial charge in [0.25, 0.3) is 0 Å². The van der Waals surface area contributed by atoms with E-state index in [9.17, 15) is 9.46 Å². The number of rotatable bonds is 14. The normalized spacial score (nSPS) is 13.8. The highest BCUT2D eigenvalue weighted by Gasteiger charge is 2.22. The van der Waals surface area contributed by atoms with Gasteiger partial charge in [-0.25, -0.2) is 4.57 Å². The summed E-state index contributed by atoms with van der Waals surface area (Å²) in [5.41, 5.74) is 1.22. The van der Waals surface area contributed by atoms with Crippen LogP contribution in [0.1, 0.15) is 57.4 Å². The molecule has 25 heavy (non-hydrogen) atoms. The molecule has 0 saturated carbocycles. The Hall–Kier alpha value is -0.870. The molecule has 0 aliphatic heterocycles. The van der Waals surface area contributed by atoms with E-state index in [0.29, 0.717) is 12.3 Å². The number of phosphoric acid groups is 1. The molecule has 1 rings (SSSR count). The molecule has 1 N–H and O–H groups in total. The van der Waals surface area contributed by atoms with Crippen molar-refractivity contribution in [1.82, 2.24) is 4.90 Å². The van der Waals surface area contributed by atoms with E-state index in [1.807, 2.05) is 31.1 Å².